The van der Waals surface area contributed by atoms with Crippen molar-refractivity contribution in [1.82, 2.24) is 9.96 Å². The minimum atomic E-state index is -0.451. The van der Waals surface area contributed by atoms with Crippen molar-refractivity contribution in [3.8, 4) is 0 Å². The molecule has 29 heavy (non-hydrogen) atoms. The average molecular weight is 434 g/mol. The van der Waals surface area contributed by atoms with E-state index in [2.05, 4.69) is 17.3 Å². The molecule has 1 unspecified atom stereocenters. The van der Waals surface area contributed by atoms with Crippen molar-refractivity contribution in [2.24, 2.45) is 0 Å². The molecule has 2 aromatic carbocycles. The number of hydrogen-bond donors (Lipinski definition) is 1. The van der Waals surface area contributed by atoms with Crippen LogP contribution in [0.15, 0.2) is 36.4 Å². The maximum atomic E-state index is 12.5. The molecule has 0 bridgehead atoms. The van der Waals surface area contributed by atoms with Crippen LogP contribution in [0.2, 0.25) is 10.0 Å². The second-order valence-corrected chi connectivity index (χ2v) is 8.63. The molecule has 1 saturated heterocycles. The Balaban J connectivity index is 1.61. The van der Waals surface area contributed by atoms with E-state index >= 15 is 0 Å². The van der Waals surface area contributed by atoms with Crippen molar-refractivity contribution < 1.29 is 9.63 Å². The Hall–Kier alpha value is -1.79. The molecule has 0 aromatic heterocycles. The van der Waals surface area contributed by atoms with Crippen molar-refractivity contribution in [1.29, 1.82) is 0 Å². The predicted octanol–water partition coefficient (Wildman–Crippen LogP) is 5.52. The van der Waals surface area contributed by atoms with Gasteiger partial charge in [0, 0.05) is 47.8 Å². The van der Waals surface area contributed by atoms with Crippen LogP contribution < -0.4 is 5.32 Å². The Morgan fingerprint density at radius 2 is 1.86 bits per heavy atom. The number of carbonyl (C=O) groups is 1. The maximum absolute atomic E-state index is 12.5. The standard InChI is InChI=1S/C22H25Cl2N3O2/c1-26-13-18(17-11-15(23)12-20(24)19(17)14-26)16-7-3-4-8-21(16)25-22(28)29-27-9-5-2-6-10-27/h3-4,7-8,11-12,18H,2,5-6,9-10,13-14H2,1H3,(H,25,28). The van der Waals surface area contributed by atoms with Gasteiger partial charge in [-0.2, -0.15) is 0 Å². The Bertz CT molecular complexity index is 900. The molecule has 2 aliphatic heterocycles. The summed E-state index contributed by atoms with van der Waals surface area (Å²) in [6.45, 7) is 3.15. The van der Waals surface area contributed by atoms with Crippen molar-refractivity contribution in [3.05, 3.63) is 63.1 Å². The third-order valence-electron chi connectivity index (χ3n) is 5.59. The molecule has 2 heterocycles. The number of hydroxylamine groups is 2. The highest BCUT2D eigenvalue weighted by atomic mass is 35.5. The van der Waals surface area contributed by atoms with Crippen LogP contribution in [0.1, 0.15) is 41.9 Å². The fourth-order valence-corrected chi connectivity index (χ4v) is 4.80. The third kappa shape index (κ3) is 4.69. The lowest BCUT2D eigenvalue weighted by Gasteiger charge is -2.34. The molecule has 1 fully saturated rings. The van der Waals surface area contributed by atoms with Gasteiger partial charge in [0.05, 0.1) is 0 Å². The summed E-state index contributed by atoms with van der Waals surface area (Å²) >= 11 is 12.8. The highest BCUT2D eigenvalue weighted by molar-refractivity contribution is 6.35. The summed E-state index contributed by atoms with van der Waals surface area (Å²) in [6.07, 6.45) is 2.84. The predicted molar refractivity (Wildman–Crippen MR) is 117 cm³/mol. The summed E-state index contributed by atoms with van der Waals surface area (Å²) in [6, 6.07) is 11.6. The zero-order valence-electron chi connectivity index (χ0n) is 16.5. The van der Waals surface area contributed by atoms with Gasteiger partial charge in [0.25, 0.3) is 0 Å². The molecule has 2 aliphatic rings. The van der Waals surface area contributed by atoms with Gasteiger partial charge in [0.15, 0.2) is 0 Å². The topological polar surface area (TPSA) is 44.8 Å². The van der Waals surface area contributed by atoms with Crippen molar-refractivity contribution >= 4 is 35.0 Å². The number of nitrogens with zero attached hydrogens (tertiary/aromatic N) is 2. The molecule has 0 saturated carbocycles. The first kappa shape index (κ1) is 20.5. The number of halogens is 2. The van der Waals surface area contributed by atoms with E-state index in [-0.39, 0.29) is 5.92 Å². The van der Waals surface area contributed by atoms with Gasteiger partial charge in [-0.3, -0.25) is 5.32 Å². The van der Waals surface area contributed by atoms with Gasteiger partial charge >= 0.3 is 6.09 Å². The molecule has 5 nitrogen and oxygen atoms in total. The average Bonchev–Trinajstić information content (AvgIpc) is 2.69. The lowest BCUT2D eigenvalue weighted by atomic mass is 9.84. The van der Waals surface area contributed by atoms with E-state index in [1.807, 2.05) is 30.3 Å². The number of anilines is 1. The maximum Gasteiger partial charge on any atom is 0.430 e. The lowest BCUT2D eigenvalue weighted by molar-refractivity contribution is -0.105. The van der Waals surface area contributed by atoms with Crippen LogP contribution >= 0.6 is 23.2 Å². The van der Waals surface area contributed by atoms with Crippen LogP contribution in [-0.2, 0) is 11.4 Å². The first-order valence-electron chi connectivity index (χ1n) is 10.0. The number of nitrogens with one attached hydrogen (secondary N) is 1. The molecule has 0 spiro atoms. The number of para-hydroxylation sites is 1. The second kappa shape index (κ2) is 8.92. The Morgan fingerprint density at radius 3 is 2.66 bits per heavy atom. The molecule has 7 heteroatoms. The monoisotopic (exact) mass is 433 g/mol. The number of benzene rings is 2. The van der Waals surface area contributed by atoms with Crippen LogP contribution in [0.3, 0.4) is 0 Å². The third-order valence-corrected chi connectivity index (χ3v) is 6.15. The van der Waals surface area contributed by atoms with E-state index in [0.29, 0.717) is 10.0 Å². The highest BCUT2D eigenvalue weighted by Gasteiger charge is 2.29. The first-order chi connectivity index (χ1) is 14.0. The zero-order valence-corrected chi connectivity index (χ0v) is 18.0. The van der Waals surface area contributed by atoms with Crippen LogP contribution in [0.5, 0.6) is 0 Å². The van der Waals surface area contributed by atoms with Crippen LogP contribution in [0.25, 0.3) is 0 Å². The minimum absolute atomic E-state index is 0.0476. The Morgan fingerprint density at radius 1 is 1.10 bits per heavy atom. The molecule has 4 rings (SSSR count). The van der Waals surface area contributed by atoms with Crippen molar-refractivity contribution in [2.45, 2.75) is 31.7 Å². The van der Waals surface area contributed by atoms with Crippen LogP contribution in [0, 0.1) is 0 Å². The van der Waals surface area contributed by atoms with Crippen molar-refractivity contribution in [2.75, 3.05) is 32.0 Å². The zero-order chi connectivity index (χ0) is 20.4. The summed E-state index contributed by atoms with van der Waals surface area (Å²) in [5.74, 6) is 0.0476. The van der Waals surface area contributed by atoms with Gasteiger partial charge in [-0.1, -0.05) is 47.8 Å². The Kier molecular flexibility index (Phi) is 6.30. The van der Waals surface area contributed by atoms with Gasteiger partial charge in [-0.05, 0) is 54.8 Å². The summed E-state index contributed by atoms with van der Waals surface area (Å²) in [7, 11) is 2.07. The van der Waals surface area contributed by atoms with E-state index < -0.39 is 6.09 Å². The Labute approximate surface area is 181 Å². The smallest absolute Gasteiger partial charge is 0.351 e. The van der Waals surface area contributed by atoms with E-state index in [1.54, 1.807) is 11.1 Å². The van der Waals surface area contributed by atoms with E-state index in [4.69, 9.17) is 28.0 Å². The molecule has 1 amide bonds. The number of piperidine rings is 1. The van der Waals surface area contributed by atoms with Gasteiger partial charge in [0.1, 0.15) is 0 Å². The van der Waals surface area contributed by atoms with E-state index in [9.17, 15) is 4.79 Å². The van der Waals surface area contributed by atoms with E-state index in [0.717, 1.165) is 61.4 Å². The normalized spacial score (nSPS) is 20.2. The minimum Gasteiger partial charge on any atom is -0.351 e. The second-order valence-electron chi connectivity index (χ2n) is 7.79. The molecule has 154 valence electrons. The van der Waals surface area contributed by atoms with Crippen LogP contribution in [0.4, 0.5) is 10.5 Å². The first-order valence-corrected chi connectivity index (χ1v) is 10.8. The fourth-order valence-electron chi connectivity index (χ4n) is 4.23. The molecule has 2 aromatic rings. The molecule has 1 N–H and O–H groups in total. The number of hydrogen-bond acceptors (Lipinski definition) is 4. The van der Waals surface area contributed by atoms with Crippen LogP contribution in [-0.4, -0.2) is 42.7 Å². The highest BCUT2D eigenvalue weighted by Crippen LogP contribution is 2.40. The summed E-state index contributed by atoms with van der Waals surface area (Å²) < 4.78 is 0. The molecule has 1 atom stereocenters. The number of carbonyl (C=O) groups excluding carboxylic acids is 1. The number of amides is 1. The van der Waals surface area contributed by atoms with E-state index in [1.165, 1.54) is 6.42 Å². The summed E-state index contributed by atoms with van der Waals surface area (Å²) in [5, 5.41) is 5.99. The van der Waals surface area contributed by atoms with Gasteiger partial charge in [-0.15, -0.1) is 5.06 Å². The molecular formula is C22H25Cl2N3O2. The van der Waals surface area contributed by atoms with Gasteiger partial charge in [0.2, 0.25) is 0 Å². The SMILES string of the molecule is CN1Cc2c(Cl)cc(Cl)cc2C(c2ccccc2NC(=O)ON2CCCCC2)C1. The van der Waals surface area contributed by atoms with Crippen molar-refractivity contribution in [3.63, 3.8) is 0 Å². The fraction of sp³-hybridized carbons (Fsp3) is 0.409. The number of fused-ring (bicyclic) bond motifs is 1. The largest absolute Gasteiger partial charge is 0.430 e. The van der Waals surface area contributed by atoms with Gasteiger partial charge in [-0.25, -0.2) is 4.79 Å². The van der Waals surface area contributed by atoms with Gasteiger partial charge < -0.3 is 9.74 Å². The molecule has 0 aliphatic carbocycles. The molecule has 0 radical (unpaired) electrons. The number of likely N-dealkylation sites (N-methyl/N-ethyl adjacent to an activating group) is 1. The summed E-state index contributed by atoms with van der Waals surface area (Å²) in [5.41, 5.74) is 3.96. The number of rotatable bonds is 3. The lowest BCUT2D eigenvalue weighted by Crippen LogP contribution is -2.34. The quantitative estimate of drug-likeness (QED) is 0.691. The molecular weight excluding hydrogens is 409 g/mol. The summed E-state index contributed by atoms with van der Waals surface area (Å²) in [4.78, 5) is 20.2.